The predicted octanol–water partition coefficient (Wildman–Crippen LogP) is 6.30. The lowest BCUT2D eigenvalue weighted by Crippen LogP contribution is -2.32. The molecule has 1 saturated heterocycles. The Morgan fingerprint density at radius 3 is 2.44 bits per heavy atom. The van der Waals surface area contributed by atoms with Crippen molar-refractivity contribution in [1.82, 2.24) is 9.47 Å². The minimum Gasteiger partial charge on any atom is -0.461 e. The van der Waals surface area contributed by atoms with Crippen LogP contribution in [0, 0.1) is 5.92 Å². The Kier molecular flexibility index (Phi) is 8.94. The number of nitrogens with one attached hydrogen (secondary N) is 1. The van der Waals surface area contributed by atoms with E-state index in [1.807, 2.05) is 95.6 Å². The maximum absolute atomic E-state index is 13.6. The first kappa shape index (κ1) is 30.8. The number of hydrogen-bond donors (Lipinski definition) is 2. The zero-order chi connectivity index (χ0) is 31.6. The first-order valence-corrected chi connectivity index (χ1v) is 17.0. The van der Waals surface area contributed by atoms with E-state index in [1.54, 1.807) is 6.92 Å². The summed E-state index contributed by atoms with van der Waals surface area (Å²) in [4.78, 5) is 15.9. The van der Waals surface area contributed by atoms with Gasteiger partial charge in [-0.2, -0.15) is 0 Å². The molecule has 2 heterocycles. The number of fused-ring (bicyclic) bond motifs is 2. The van der Waals surface area contributed by atoms with Crippen molar-refractivity contribution in [3.63, 3.8) is 0 Å². The van der Waals surface area contributed by atoms with Gasteiger partial charge in [0.2, 0.25) is 10.0 Å². The van der Waals surface area contributed by atoms with Crippen LogP contribution in [-0.4, -0.2) is 50.6 Å². The van der Waals surface area contributed by atoms with Crippen LogP contribution in [0.2, 0.25) is 0 Å². The molecule has 8 nitrogen and oxygen atoms in total. The molecular formula is C36H40N4O4S. The number of sulfonamides is 1. The third kappa shape index (κ3) is 6.76. The molecule has 5 aromatic rings. The molecule has 4 aromatic carbocycles. The lowest BCUT2D eigenvalue weighted by Gasteiger charge is -2.28. The normalized spacial score (nSPS) is 15.4. The molecule has 1 aliphatic heterocycles. The number of nitrogens with zero attached hydrogens (tertiary/aromatic N) is 2. The molecule has 1 fully saturated rings. The maximum Gasteiger partial charge on any atom is 0.355 e. The molecule has 1 aliphatic rings. The van der Waals surface area contributed by atoms with Gasteiger partial charge in [-0.3, -0.25) is 4.72 Å². The van der Waals surface area contributed by atoms with E-state index in [-0.39, 0.29) is 5.97 Å². The molecule has 0 radical (unpaired) electrons. The number of carbonyl (C=O) groups is 1. The van der Waals surface area contributed by atoms with E-state index in [9.17, 15) is 13.2 Å². The van der Waals surface area contributed by atoms with Crippen LogP contribution in [0.15, 0.2) is 91.0 Å². The van der Waals surface area contributed by atoms with E-state index in [4.69, 9.17) is 10.5 Å². The molecule has 6 rings (SSSR count). The minimum atomic E-state index is -3.75. The van der Waals surface area contributed by atoms with Gasteiger partial charge in [0.1, 0.15) is 10.9 Å². The van der Waals surface area contributed by atoms with E-state index in [0.29, 0.717) is 42.6 Å². The summed E-state index contributed by atoms with van der Waals surface area (Å²) in [6.45, 7) is 4.78. The molecule has 0 aliphatic carbocycles. The zero-order valence-electron chi connectivity index (χ0n) is 25.8. The fourth-order valence-corrected chi connectivity index (χ4v) is 7.31. The summed E-state index contributed by atoms with van der Waals surface area (Å²) in [6, 6.07) is 28.6. The van der Waals surface area contributed by atoms with E-state index < -0.39 is 15.3 Å². The Balaban J connectivity index is 1.36. The molecule has 0 unspecified atom stereocenters. The first-order valence-electron chi connectivity index (χ1n) is 15.5. The summed E-state index contributed by atoms with van der Waals surface area (Å²) < 4.78 is 37.7. The standard InChI is InChI=1S/C36H40N4O4S/c1-25(28-8-4-3-5-9-28)45(42,43)38-32-19-29-10-6-7-11-33(29)31(20-32)23-40-34-18-27(22-37)12-13-30(34)21-35(40)36(41)44-24-26-14-16-39(2)17-15-26/h3-13,18-21,25-26,38H,14-17,22-24,37H2,1-2H3/t25-/m1/s1. The summed E-state index contributed by atoms with van der Waals surface area (Å²) >= 11 is 0. The fraction of sp³-hybridized carbons (Fsp3) is 0.306. The largest absolute Gasteiger partial charge is 0.461 e. The smallest absolute Gasteiger partial charge is 0.355 e. The maximum atomic E-state index is 13.6. The van der Waals surface area contributed by atoms with Crippen molar-refractivity contribution in [1.29, 1.82) is 0 Å². The number of rotatable bonds is 10. The number of anilines is 1. The number of carbonyl (C=O) groups excluding carboxylic acids is 1. The van der Waals surface area contributed by atoms with Gasteiger partial charge in [-0.25, -0.2) is 13.2 Å². The van der Waals surface area contributed by atoms with Gasteiger partial charge in [-0.05, 0) is 97.5 Å². The van der Waals surface area contributed by atoms with Gasteiger partial charge in [0, 0.05) is 29.7 Å². The molecule has 9 heteroatoms. The number of likely N-dealkylation sites (tertiary alicyclic amines) is 1. The van der Waals surface area contributed by atoms with E-state index >= 15 is 0 Å². The third-order valence-electron chi connectivity index (χ3n) is 8.97. The molecule has 3 N–H and O–H groups in total. The number of aromatic nitrogens is 1. The summed E-state index contributed by atoms with van der Waals surface area (Å²) in [5.41, 5.74) is 10.3. The van der Waals surface area contributed by atoms with Gasteiger partial charge < -0.3 is 19.9 Å². The Bertz CT molecular complexity index is 1930. The summed E-state index contributed by atoms with van der Waals surface area (Å²) in [5, 5.41) is 2.03. The Morgan fingerprint density at radius 1 is 0.956 bits per heavy atom. The monoisotopic (exact) mass is 624 g/mol. The summed E-state index contributed by atoms with van der Waals surface area (Å²) in [7, 11) is -1.63. The molecule has 45 heavy (non-hydrogen) atoms. The second-order valence-electron chi connectivity index (χ2n) is 12.1. The van der Waals surface area contributed by atoms with Crippen molar-refractivity contribution in [2.75, 3.05) is 31.5 Å². The molecular weight excluding hydrogens is 584 g/mol. The average Bonchev–Trinajstić information content (AvgIpc) is 3.41. The number of benzene rings is 4. The molecule has 234 valence electrons. The Labute approximate surface area is 264 Å². The van der Waals surface area contributed by atoms with Crippen molar-refractivity contribution in [3.8, 4) is 0 Å². The molecule has 0 bridgehead atoms. The molecule has 0 saturated carbocycles. The van der Waals surface area contributed by atoms with Crippen LogP contribution in [0.25, 0.3) is 21.7 Å². The van der Waals surface area contributed by atoms with Crippen molar-refractivity contribution in [2.45, 2.75) is 38.1 Å². The number of piperidine rings is 1. The number of nitrogens with two attached hydrogens (primary N) is 1. The van der Waals surface area contributed by atoms with Gasteiger partial charge >= 0.3 is 5.97 Å². The second kappa shape index (κ2) is 13.0. The van der Waals surface area contributed by atoms with Crippen LogP contribution in [0.4, 0.5) is 5.69 Å². The number of esters is 1. The van der Waals surface area contributed by atoms with E-state index in [1.165, 1.54) is 0 Å². The minimum absolute atomic E-state index is 0.334. The highest BCUT2D eigenvalue weighted by Gasteiger charge is 2.25. The van der Waals surface area contributed by atoms with Crippen LogP contribution in [0.1, 0.15) is 52.2 Å². The van der Waals surface area contributed by atoms with Crippen LogP contribution >= 0.6 is 0 Å². The van der Waals surface area contributed by atoms with Gasteiger partial charge in [-0.15, -0.1) is 0 Å². The third-order valence-corrected chi connectivity index (χ3v) is 10.7. The molecule has 1 aromatic heterocycles. The fourth-order valence-electron chi connectivity index (χ4n) is 6.17. The highest BCUT2D eigenvalue weighted by Crippen LogP contribution is 2.31. The predicted molar refractivity (Wildman–Crippen MR) is 181 cm³/mol. The van der Waals surface area contributed by atoms with Crippen molar-refractivity contribution in [2.24, 2.45) is 11.7 Å². The van der Waals surface area contributed by atoms with Gasteiger partial charge in [0.05, 0.1) is 6.61 Å². The van der Waals surface area contributed by atoms with Gasteiger partial charge in [-0.1, -0.05) is 66.7 Å². The van der Waals surface area contributed by atoms with Gasteiger partial charge in [0.25, 0.3) is 0 Å². The lowest BCUT2D eigenvalue weighted by atomic mass is 9.98. The quantitative estimate of drug-likeness (QED) is 0.177. The van der Waals surface area contributed by atoms with E-state index in [2.05, 4.69) is 16.7 Å². The number of ether oxygens (including phenoxy) is 1. The second-order valence-corrected chi connectivity index (χ2v) is 14.1. The first-order chi connectivity index (χ1) is 21.7. The summed E-state index contributed by atoms with van der Waals surface area (Å²) in [6.07, 6.45) is 2.01. The number of hydrogen-bond acceptors (Lipinski definition) is 6. The van der Waals surface area contributed by atoms with Crippen LogP contribution in [-0.2, 0) is 27.8 Å². The van der Waals surface area contributed by atoms with Gasteiger partial charge in [0.15, 0.2) is 0 Å². The Hall–Kier alpha value is -4.18. The van der Waals surface area contributed by atoms with Crippen molar-refractivity contribution < 1.29 is 17.9 Å². The van der Waals surface area contributed by atoms with Crippen molar-refractivity contribution in [3.05, 3.63) is 113 Å². The van der Waals surface area contributed by atoms with Crippen LogP contribution in [0.3, 0.4) is 0 Å². The van der Waals surface area contributed by atoms with E-state index in [0.717, 1.165) is 58.7 Å². The average molecular weight is 625 g/mol. The zero-order valence-corrected chi connectivity index (χ0v) is 26.6. The highest BCUT2D eigenvalue weighted by molar-refractivity contribution is 7.92. The van der Waals surface area contributed by atoms with Crippen molar-refractivity contribution >= 4 is 43.4 Å². The molecule has 0 amide bonds. The highest BCUT2D eigenvalue weighted by atomic mass is 32.2. The van der Waals surface area contributed by atoms with Crippen LogP contribution < -0.4 is 10.5 Å². The summed E-state index contributed by atoms with van der Waals surface area (Å²) in [5.74, 6) is -0.0176. The lowest BCUT2D eigenvalue weighted by molar-refractivity contribution is 0.0373. The Morgan fingerprint density at radius 2 is 1.69 bits per heavy atom. The van der Waals surface area contributed by atoms with Crippen LogP contribution in [0.5, 0.6) is 0 Å². The molecule has 0 spiro atoms. The SMILES string of the molecule is C[C@H](c1ccccc1)S(=O)(=O)Nc1cc(Cn2c(C(=O)OCC3CCN(C)CC3)cc3ccc(CN)cc32)c2ccccc2c1. The topological polar surface area (TPSA) is 107 Å². The molecule has 1 atom stereocenters.